The zero-order valence-corrected chi connectivity index (χ0v) is 13.5. The summed E-state index contributed by atoms with van der Waals surface area (Å²) in [6.07, 6.45) is 0.759. The van der Waals surface area contributed by atoms with Gasteiger partial charge in [0.05, 0.1) is 7.11 Å². The van der Waals surface area contributed by atoms with E-state index in [9.17, 15) is 0 Å². The Bertz CT molecular complexity index is 593. The molecule has 2 aromatic rings. The lowest BCUT2D eigenvalue weighted by Crippen LogP contribution is -2.14. The highest BCUT2D eigenvalue weighted by Crippen LogP contribution is 2.29. The zero-order chi connectivity index (χ0) is 15.4. The van der Waals surface area contributed by atoms with Crippen molar-refractivity contribution >= 4 is 11.6 Å². The topological polar surface area (TPSA) is 35.2 Å². The van der Waals surface area contributed by atoms with Gasteiger partial charge in [-0.15, -0.1) is 0 Å². The van der Waals surface area contributed by atoms with E-state index in [4.69, 9.17) is 22.1 Å². The van der Waals surface area contributed by atoms with E-state index in [2.05, 4.69) is 38.1 Å². The number of nitrogens with two attached hydrogens (primary N) is 1. The van der Waals surface area contributed by atoms with Crippen LogP contribution < -0.4 is 10.5 Å². The smallest absolute Gasteiger partial charge is 0.123 e. The van der Waals surface area contributed by atoms with Gasteiger partial charge in [-0.1, -0.05) is 49.7 Å². The van der Waals surface area contributed by atoms with E-state index in [1.807, 2.05) is 18.2 Å². The Morgan fingerprint density at radius 3 is 2.33 bits per heavy atom. The number of methoxy groups -OCH3 is 1. The summed E-state index contributed by atoms with van der Waals surface area (Å²) >= 11 is 6.07. The van der Waals surface area contributed by atoms with Gasteiger partial charge in [0.1, 0.15) is 5.75 Å². The van der Waals surface area contributed by atoms with E-state index in [1.54, 1.807) is 7.11 Å². The minimum Gasteiger partial charge on any atom is -0.496 e. The van der Waals surface area contributed by atoms with Crippen LogP contribution in [-0.2, 0) is 6.42 Å². The number of hydrogen-bond donors (Lipinski definition) is 1. The van der Waals surface area contributed by atoms with E-state index in [1.165, 1.54) is 11.1 Å². The van der Waals surface area contributed by atoms with Crippen molar-refractivity contribution in [2.45, 2.75) is 32.2 Å². The van der Waals surface area contributed by atoms with Crippen molar-refractivity contribution in [1.29, 1.82) is 0 Å². The molecule has 1 unspecified atom stereocenters. The summed E-state index contributed by atoms with van der Waals surface area (Å²) in [4.78, 5) is 0. The lowest BCUT2D eigenvalue weighted by molar-refractivity contribution is 0.405. The molecule has 2 N–H and O–H groups in total. The van der Waals surface area contributed by atoms with E-state index in [0.717, 1.165) is 17.7 Å². The zero-order valence-electron chi connectivity index (χ0n) is 12.8. The third-order valence-electron chi connectivity index (χ3n) is 3.69. The summed E-state index contributed by atoms with van der Waals surface area (Å²) in [5.41, 5.74) is 9.83. The summed E-state index contributed by atoms with van der Waals surface area (Å²) in [5, 5.41) is 0.677. The first-order valence-electron chi connectivity index (χ1n) is 7.19. The molecule has 0 aliphatic carbocycles. The molecule has 3 heteroatoms. The van der Waals surface area contributed by atoms with Gasteiger partial charge < -0.3 is 10.5 Å². The number of rotatable bonds is 5. The van der Waals surface area contributed by atoms with E-state index in [0.29, 0.717) is 10.9 Å². The van der Waals surface area contributed by atoms with Gasteiger partial charge in [-0.3, -0.25) is 0 Å². The van der Waals surface area contributed by atoms with Gasteiger partial charge in [0.2, 0.25) is 0 Å². The van der Waals surface area contributed by atoms with Gasteiger partial charge in [0.15, 0.2) is 0 Å². The lowest BCUT2D eigenvalue weighted by atomic mass is 9.96. The van der Waals surface area contributed by atoms with Crippen molar-refractivity contribution < 1.29 is 4.74 Å². The minimum absolute atomic E-state index is 0.136. The Labute approximate surface area is 131 Å². The van der Waals surface area contributed by atoms with E-state index >= 15 is 0 Å². The first kappa shape index (κ1) is 15.9. The summed E-state index contributed by atoms with van der Waals surface area (Å²) in [5.74, 6) is 1.33. The number of hydrogen-bond acceptors (Lipinski definition) is 2. The van der Waals surface area contributed by atoms with Gasteiger partial charge in [-0.05, 0) is 41.7 Å². The number of halogens is 1. The van der Waals surface area contributed by atoms with Gasteiger partial charge in [0, 0.05) is 16.6 Å². The van der Waals surface area contributed by atoms with Crippen LogP contribution in [0.25, 0.3) is 0 Å². The molecule has 0 aliphatic rings. The number of ether oxygens (including phenoxy) is 1. The monoisotopic (exact) mass is 303 g/mol. The third kappa shape index (κ3) is 3.99. The molecular formula is C18H22ClNO. The Hall–Kier alpha value is -1.51. The van der Waals surface area contributed by atoms with Crippen molar-refractivity contribution in [3.63, 3.8) is 0 Å². The molecular weight excluding hydrogens is 282 g/mol. The van der Waals surface area contributed by atoms with Crippen LogP contribution in [0.1, 0.15) is 42.5 Å². The second-order valence-electron chi connectivity index (χ2n) is 5.59. The highest BCUT2D eigenvalue weighted by Gasteiger charge is 2.13. The molecule has 0 aromatic heterocycles. The van der Waals surface area contributed by atoms with Crippen LogP contribution in [0.2, 0.25) is 5.02 Å². The first-order valence-corrected chi connectivity index (χ1v) is 7.57. The summed E-state index contributed by atoms with van der Waals surface area (Å²) in [7, 11) is 1.65. The summed E-state index contributed by atoms with van der Waals surface area (Å²) in [6, 6.07) is 14.0. The Balaban J connectivity index is 2.17. The molecule has 21 heavy (non-hydrogen) atoms. The molecule has 0 bridgehead atoms. The summed E-state index contributed by atoms with van der Waals surface area (Å²) in [6.45, 7) is 4.38. The molecule has 0 radical (unpaired) electrons. The predicted octanol–water partition coefficient (Wildman–Crippen LogP) is 4.71. The van der Waals surface area contributed by atoms with Crippen LogP contribution in [0.5, 0.6) is 5.75 Å². The fourth-order valence-electron chi connectivity index (χ4n) is 2.40. The fourth-order valence-corrected chi connectivity index (χ4v) is 2.58. The highest BCUT2D eigenvalue weighted by molar-refractivity contribution is 6.30. The van der Waals surface area contributed by atoms with Crippen molar-refractivity contribution in [2.24, 2.45) is 5.73 Å². The largest absolute Gasteiger partial charge is 0.496 e. The van der Waals surface area contributed by atoms with Gasteiger partial charge in [-0.2, -0.15) is 0 Å². The second-order valence-corrected chi connectivity index (χ2v) is 6.03. The second kappa shape index (κ2) is 6.97. The van der Waals surface area contributed by atoms with Crippen LogP contribution in [0.3, 0.4) is 0 Å². The Kier molecular flexibility index (Phi) is 5.27. The van der Waals surface area contributed by atoms with Gasteiger partial charge in [0.25, 0.3) is 0 Å². The molecule has 0 spiro atoms. The van der Waals surface area contributed by atoms with Crippen molar-refractivity contribution in [1.82, 2.24) is 0 Å². The molecule has 0 amide bonds. The minimum atomic E-state index is -0.136. The fraction of sp³-hybridized carbons (Fsp3) is 0.333. The van der Waals surface area contributed by atoms with E-state index < -0.39 is 0 Å². The third-order valence-corrected chi connectivity index (χ3v) is 3.93. The highest BCUT2D eigenvalue weighted by atomic mass is 35.5. The SMILES string of the molecule is COc1ccc(Cl)cc1C(N)Cc1ccc(C(C)C)cc1. The number of benzene rings is 2. The van der Waals surface area contributed by atoms with Crippen LogP contribution in [0.15, 0.2) is 42.5 Å². The van der Waals surface area contributed by atoms with Crippen molar-refractivity contribution in [3.05, 3.63) is 64.2 Å². The normalized spacial score (nSPS) is 12.5. The average Bonchev–Trinajstić information content (AvgIpc) is 2.47. The average molecular weight is 304 g/mol. The lowest BCUT2D eigenvalue weighted by Gasteiger charge is -2.16. The standard InChI is InChI=1S/C18H22ClNO/c1-12(2)14-6-4-13(5-7-14)10-17(20)16-11-15(19)8-9-18(16)21-3/h4-9,11-12,17H,10,20H2,1-3H3. The first-order chi connectivity index (χ1) is 10.0. The van der Waals surface area contributed by atoms with Crippen molar-refractivity contribution in [2.75, 3.05) is 7.11 Å². The predicted molar refractivity (Wildman–Crippen MR) is 89.2 cm³/mol. The van der Waals surface area contributed by atoms with E-state index in [-0.39, 0.29) is 6.04 Å². The molecule has 0 aliphatic heterocycles. The molecule has 0 saturated heterocycles. The molecule has 2 rings (SSSR count). The van der Waals surface area contributed by atoms with Crippen molar-refractivity contribution in [3.8, 4) is 5.75 Å². The summed E-state index contributed by atoms with van der Waals surface area (Å²) < 4.78 is 5.37. The molecule has 0 heterocycles. The van der Waals surface area contributed by atoms with Crippen LogP contribution in [0.4, 0.5) is 0 Å². The Morgan fingerprint density at radius 2 is 1.76 bits per heavy atom. The molecule has 0 fully saturated rings. The van der Waals surface area contributed by atoms with Crippen LogP contribution >= 0.6 is 11.6 Å². The maximum atomic E-state index is 6.33. The molecule has 2 nitrogen and oxygen atoms in total. The Morgan fingerprint density at radius 1 is 1.10 bits per heavy atom. The molecule has 112 valence electrons. The quantitative estimate of drug-likeness (QED) is 0.868. The van der Waals surface area contributed by atoms with Crippen LogP contribution in [-0.4, -0.2) is 7.11 Å². The maximum absolute atomic E-state index is 6.33. The van der Waals surface area contributed by atoms with Gasteiger partial charge >= 0.3 is 0 Å². The maximum Gasteiger partial charge on any atom is 0.123 e. The van der Waals surface area contributed by atoms with Gasteiger partial charge in [-0.25, -0.2) is 0 Å². The molecule has 2 aromatic carbocycles. The van der Waals surface area contributed by atoms with Crippen LogP contribution in [0, 0.1) is 0 Å². The molecule has 0 saturated carbocycles. The molecule has 1 atom stereocenters.